The van der Waals surface area contributed by atoms with Gasteiger partial charge in [0.2, 0.25) is 10.9 Å². The number of nitrogens with zero attached hydrogens (tertiary/aromatic N) is 8. The number of thioether (sulfide) groups is 1. The quantitative estimate of drug-likeness (QED) is 0.386. The first-order valence-corrected chi connectivity index (χ1v) is 10.9. The molecule has 0 spiro atoms. The summed E-state index contributed by atoms with van der Waals surface area (Å²) in [5.74, 6) is 1.82. The minimum absolute atomic E-state index is 0.0536. The molecule has 0 aliphatic carbocycles. The summed E-state index contributed by atoms with van der Waals surface area (Å²) in [4.78, 5) is 14.0. The van der Waals surface area contributed by atoms with Gasteiger partial charge in [-0.1, -0.05) is 30.0 Å². The molecular formula is C18H16N8OS2. The first-order chi connectivity index (χ1) is 14.3. The standard InChI is InChI=1S/C18H16N8OS2/c1-2-24-16(27)13-7-3-4-8-14(13)26-15(19-20-17(24)26)11-29-18-21-22-23-25(18)10-12-6-5-9-28-12/h3-9H,2,10-11H2,1H3. The third-order valence-electron chi connectivity index (χ3n) is 4.61. The van der Waals surface area contributed by atoms with Crippen LogP contribution in [0, 0.1) is 0 Å². The van der Waals surface area contributed by atoms with Gasteiger partial charge >= 0.3 is 0 Å². The van der Waals surface area contributed by atoms with Crippen molar-refractivity contribution in [3.05, 3.63) is 62.8 Å². The van der Waals surface area contributed by atoms with Gasteiger partial charge in [0, 0.05) is 11.4 Å². The predicted molar refractivity (Wildman–Crippen MR) is 111 cm³/mol. The normalized spacial score (nSPS) is 11.6. The first kappa shape index (κ1) is 18.0. The van der Waals surface area contributed by atoms with Gasteiger partial charge in [-0.3, -0.25) is 13.8 Å². The van der Waals surface area contributed by atoms with Crippen LogP contribution in [0.4, 0.5) is 0 Å². The van der Waals surface area contributed by atoms with Crippen molar-refractivity contribution in [1.82, 2.24) is 39.4 Å². The van der Waals surface area contributed by atoms with Gasteiger partial charge in [-0.15, -0.1) is 26.6 Å². The van der Waals surface area contributed by atoms with Crippen LogP contribution in [0.5, 0.6) is 0 Å². The van der Waals surface area contributed by atoms with E-state index in [1.807, 2.05) is 47.0 Å². The molecule has 0 saturated heterocycles. The molecule has 0 fully saturated rings. The number of tetrazole rings is 1. The second-order valence-electron chi connectivity index (χ2n) is 6.31. The van der Waals surface area contributed by atoms with Gasteiger partial charge in [-0.25, -0.2) is 4.68 Å². The number of aromatic nitrogens is 8. The maximum Gasteiger partial charge on any atom is 0.262 e. The largest absolute Gasteiger partial charge is 0.277 e. The van der Waals surface area contributed by atoms with Crippen molar-refractivity contribution in [3.63, 3.8) is 0 Å². The van der Waals surface area contributed by atoms with Crippen LogP contribution in [0.3, 0.4) is 0 Å². The van der Waals surface area contributed by atoms with Crippen LogP contribution in [0.1, 0.15) is 17.6 Å². The van der Waals surface area contributed by atoms with Crippen LogP contribution in [0.15, 0.2) is 51.7 Å². The van der Waals surface area contributed by atoms with E-state index >= 15 is 0 Å². The van der Waals surface area contributed by atoms with Gasteiger partial charge in [0.05, 0.1) is 23.2 Å². The molecule has 5 rings (SSSR count). The van der Waals surface area contributed by atoms with Crippen LogP contribution in [-0.4, -0.2) is 39.4 Å². The van der Waals surface area contributed by atoms with E-state index in [-0.39, 0.29) is 5.56 Å². The van der Waals surface area contributed by atoms with Gasteiger partial charge in [0.15, 0.2) is 0 Å². The van der Waals surface area contributed by atoms with Gasteiger partial charge in [0.1, 0.15) is 5.82 Å². The van der Waals surface area contributed by atoms with E-state index in [0.29, 0.717) is 35.2 Å². The molecule has 9 nitrogen and oxygen atoms in total. The average molecular weight is 425 g/mol. The molecule has 29 heavy (non-hydrogen) atoms. The number of thiophene rings is 1. The number of benzene rings is 1. The lowest BCUT2D eigenvalue weighted by atomic mass is 10.2. The maximum absolute atomic E-state index is 12.8. The summed E-state index contributed by atoms with van der Waals surface area (Å²) in [5.41, 5.74) is 0.748. The Balaban J connectivity index is 1.52. The fraction of sp³-hybridized carbons (Fsp3) is 0.222. The summed E-state index contributed by atoms with van der Waals surface area (Å²) < 4.78 is 5.37. The van der Waals surface area contributed by atoms with Crippen molar-refractivity contribution in [2.24, 2.45) is 0 Å². The van der Waals surface area contributed by atoms with E-state index < -0.39 is 0 Å². The molecule has 4 aromatic heterocycles. The third-order valence-corrected chi connectivity index (χ3v) is 6.42. The topological polar surface area (TPSA) is 95.8 Å². The lowest BCUT2D eigenvalue weighted by Gasteiger charge is -2.09. The summed E-state index contributed by atoms with van der Waals surface area (Å²) in [6.45, 7) is 3.08. The zero-order chi connectivity index (χ0) is 19.8. The Hall–Kier alpha value is -3.05. The molecule has 0 unspecified atom stereocenters. The smallest absolute Gasteiger partial charge is 0.262 e. The molecular weight excluding hydrogens is 408 g/mol. The Morgan fingerprint density at radius 2 is 2.00 bits per heavy atom. The van der Waals surface area contributed by atoms with Crippen LogP contribution < -0.4 is 5.56 Å². The highest BCUT2D eigenvalue weighted by Crippen LogP contribution is 2.23. The van der Waals surface area contributed by atoms with E-state index in [4.69, 9.17) is 0 Å². The summed E-state index contributed by atoms with van der Waals surface area (Å²) in [6, 6.07) is 11.6. The van der Waals surface area contributed by atoms with Crippen molar-refractivity contribution in [2.45, 2.75) is 30.9 Å². The number of para-hydroxylation sites is 1. The second kappa shape index (κ2) is 7.41. The van der Waals surface area contributed by atoms with Crippen LogP contribution >= 0.6 is 23.1 Å². The number of fused-ring (bicyclic) bond motifs is 3. The highest BCUT2D eigenvalue weighted by atomic mass is 32.2. The lowest BCUT2D eigenvalue weighted by Crippen LogP contribution is -2.22. The monoisotopic (exact) mass is 424 g/mol. The third kappa shape index (κ3) is 3.12. The highest BCUT2D eigenvalue weighted by Gasteiger charge is 2.17. The van der Waals surface area contributed by atoms with E-state index in [2.05, 4.69) is 31.8 Å². The van der Waals surface area contributed by atoms with Crippen molar-refractivity contribution in [3.8, 4) is 0 Å². The fourth-order valence-electron chi connectivity index (χ4n) is 3.27. The number of hydrogen-bond donors (Lipinski definition) is 0. The first-order valence-electron chi connectivity index (χ1n) is 9.03. The molecule has 5 aromatic rings. The fourth-order valence-corrected chi connectivity index (χ4v) is 4.75. The van der Waals surface area contributed by atoms with Gasteiger partial charge in [-0.2, -0.15) is 0 Å². The van der Waals surface area contributed by atoms with E-state index in [9.17, 15) is 4.79 Å². The van der Waals surface area contributed by atoms with Crippen LogP contribution in [0.25, 0.3) is 16.7 Å². The molecule has 1 aromatic carbocycles. The molecule has 11 heteroatoms. The SMILES string of the molecule is CCn1c(=O)c2ccccc2n2c(CSc3nnnn3Cc3cccs3)nnc12. The summed E-state index contributed by atoms with van der Waals surface area (Å²) >= 11 is 3.17. The van der Waals surface area contributed by atoms with E-state index in [1.165, 1.54) is 16.6 Å². The summed E-state index contributed by atoms with van der Waals surface area (Å²) in [5, 5.41) is 24.1. The summed E-state index contributed by atoms with van der Waals surface area (Å²) in [7, 11) is 0. The molecule has 146 valence electrons. The Morgan fingerprint density at radius 3 is 2.83 bits per heavy atom. The molecule has 0 atom stereocenters. The molecule has 0 bridgehead atoms. The Morgan fingerprint density at radius 1 is 1.10 bits per heavy atom. The molecule has 0 aliphatic rings. The molecule has 0 saturated carbocycles. The van der Waals surface area contributed by atoms with Crippen molar-refractivity contribution in [2.75, 3.05) is 0 Å². The average Bonchev–Trinajstić information content (AvgIpc) is 3.49. The van der Waals surface area contributed by atoms with Gasteiger partial charge in [-0.05, 0) is 40.9 Å². The molecule has 0 amide bonds. The van der Waals surface area contributed by atoms with Gasteiger partial charge in [0.25, 0.3) is 5.56 Å². The van der Waals surface area contributed by atoms with Crippen molar-refractivity contribution in [1.29, 1.82) is 0 Å². The van der Waals surface area contributed by atoms with E-state index in [0.717, 1.165) is 11.3 Å². The second-order valence-corrected chi connectivity index (χ2v) is 8.28. The Kier molecular flexibility index (Phi) is 4.60. The maximum atomic E-state index is 12.8. The van der Waals surface area contributed by atoms with Crippen molar-refractivity contribution >= 4 is 39.8 Å². The van der Waals surface area contributed by atoms with Gasteiger partial charge < -0.3 is 0 Å². The Bertz CT molecular complexity index is 1350. The minimum atomic E-state index is -0.0536. The number of rotatable bonds is 6. The number of hydrogen-bond acceptors (Lipinski definition) is 8. The van der Waals surface area contributed by atoms with Crippen molar-refractivity contribution < 1.29 is 0 Å². The molecule has 0 N–H and O–H groups in total. The summed E-state index contributed by atoms with van der Waals surface area (Å²) in [6.07, 6.45) is 0. The minimum Gasteiger partial charge on any atom is -0.277 e. The zero-order valence-electron chi connectivity index (χ0n) is 15.5. The zero-order valence-corrected chi connectivity index (χ0v) is 17.1. The molecule has 0 aliphatic heterocycles. The lowest BCUT2D eigenvalue weighted by molar-refractivity contribution is 0.608. The molecule has 4 heterocycles. The Labute approximate surface area is 173 Å². The highest BCUT2D eigenvalue weighted by molar-refractivity contribution is 7.98. The van der Waals surface area contributed by atoms with E-state index in [1.54, 1.807) is 20.6 Å². The van der Waals surface area contributed by atoms with Crippen LogP contribution in [0.2, 0.25) is 0 Å². The predicted octanol–water partition coefficient (Wildman–Crippen LogP) is 2.45. The van der Waals surface area contributed by atoms with Crippen LogP contribution in [-0.2, 0) is 18.8 Å². The molecule has 0 radical (unpaired) electrons. The number of aryl methyl sites for hydroxylation is 1.